The molecule has 0 aliphatic heterocycles. The Labute approximate surface area is 153 Å². The molecule has 2 heterocycles. The van der Waals surface area contributed by atoms with Gasteiger partial charge in [0.05, 0.1) is 23.0 Å². The maximum Gasteiger partial charge on any atom is 0.192 e. The average Bonchev–Trinajstić information content (AvgIpc) is 2.90. The van der Waals surface area contributed by atoms with Crippen LogP contribution in [0.5, 0.6) is 5.75 Å². The van der Waals surface area contributed by atoms with Gasteiger partial charge in [0, 0.05) is 33.6 Å². The maximum atomic E-state index is 12.7. The number of pyridine rings is 1. The van der Waals surface area contributed by atoms with E-state index in [9.17, 15) is 4.79 Å². The highest BCUT2D eigenvalue weighted by Gasteiger charge is 2.16. The third-order valence-corrected chi connectivity index (χ3v) is 5.07. The van der Waals surface area contributed by atoms with Gasteiger partial charge in [-0.05, 0) is 50.1 Å². The number of nitrogens with zero attached hydrogens (tertiary/aromatic N) is 1. The van der Waals surface area contributed by atoms with Crippen molar-refractivity contribution in [3.8, 4) is 5.75 Å². The lowest BCUT2D eigenvalue weighted by atomic mass is 10.1. The van der Waals surface area contributed by atoms with Gasteiger partial charge >= 0.3 is 0 Å². The summed E-state index contributed by atoms with van der Waals surface area (Å²) in [6.45, 7) is 2.53. The first-order valence-electron chi connectivity index (χ1n) is 8.34. The summed E-state index contributed by atoms with van der Waals surface area (Å²) >= 11 is 3.54. The van der Waals surface area contributed by atoms with Crippen LogP contribution < -0.4 is 10.2 Å². The zero-order chi connectivity index (χ0) is 17.6. The highest BCUT2D eigenvalue weighted by molar-refractivity contribution is 9.10. The molecule has 2 aromatic heterocycles. The molecule has 0 atom stereocenters. The van der Waals surface area contributed by atoms with Crippen LogP contribution in [-0.4, -0.2) is 22.7 Å². The van der Waals surface area contributed by atoms with Crippen LogP contribution in [0.1, 0.15) is 18.4 Å². The van der Waals surface area contributed by atoms with Gasteiger partial charge in [-0.25, -0.2) is 0 Å². The van der Waals surface area contributed by atoms with E-state index < -0.39 is 0 Å². The third kappa shape index (κ3) is 2.68. The fraction of sp³-hybridized carbons (Fsp3) is 0.250. The van der Waals surface area contributed by atoms with E-state index in [1.165, 1.54) is 0 Å². The van der Waals surface area contributed by atoms with Crippen molar-refractivity contribution in [2.45, 2.75) is 19.8 Å². The van der Waals surface area contributed by atoms with Gasteiger partial charge in [0.15, 0.2) is 5.43 Å². The smallest absolute Gasteiger partial charge is 0.192 e. The van der Waals surface area contributed by atoms with Crippen LogP contribution >= 0.6 is 15.9 Å². The summed E-state index contributed by atoms with van der Waals surface area (Å²) in [7, 11) is 0. The van der Waals surface area contributed by atoms with E-state index in [2.05, 4.69) is 32.5 Å². The number of benzene rings is 2. The molecular weight excluding hydrogens is 382 g/mol. The molecule has 5 heteroatoms. The Hall–Kier alpha value is -2.11. The van der Waals surface area contributed by atoms with E-state index in [4.69, 9.17) is 9.84 Å². The zero-order valence-corrected chi connectivity index (χ0v) is 15.5. The van der Waals surface area contributed by atoms with Gasteiger partial charge in [-0.3, -0.25) is 4.79 Å². The zero-order valence-electron chi connectivity index (χ0n) is 13.9. The molecule has 0 fully saturated rings. The van der Waals surface area contributed by atoms with Crippen molar-refractivity contribution < 1.29 is 9.84 Å². The van der Waals surface area contributed by atoms with Crippen molar-refractivity contribution in [2.75, 3.05) is 13.2 Å². The topological polar surface area (TPSA) is 50.9 Å². The molecule has 0 radical (unpaired) electrons. The Bertz CT molecular complexity index is 1130. The molecule has 0 amide bonds. The van der Waals surface area contributed by atoms with Gasteiger partial charge in [-0.15, -0.1) is 0 Å². The minimum absolute atomic E-state index is 0.0418. The molecule has 0 unspecified atom stereocenters. The minimum Gasteiger partial charge on any atom is -0.494 e. The molecule has 128 valence electrons. The van der Waals surface area contributed by atoms with Gasteiger partial charge in [0.1, 0.15) is 5.75 Å². The maximum absolute atomic E-state index is 12.7. The first-order valence-corrected chi connectivity index (χ1v) is 9.13. The number of unbranched alkanes of at least 4 members (excludes halogenated alkanes) is 1. The molecule has 0 saturated heterocycles. The SMILES string of the molecule is Cc1cn2c3ccc(Br)cc3c3cc(OCCCCO)cc(c1=O)c32. The monoisotopic (exact) mass is 399 g/mol. The van der Waals surface area contributed by atoms with Gasteiger partial charge in [-0.1, -0.05) is 15.9 Å². The fourth-order valence-electron chi connectivity index (χ4n) is 3.39. The number of ether oxygens (including phenoxy) is 1. The second kappa shape index (κ2) is 6.32. The minimum atomic E-state index is 0.0418. The number of rotatable bonds is 5. The Kier molecular flexibility index (Phi) is 4.13. The van der Waals surface area contributed by atoms with Crippen molar-refractivity contribution >= 4 is 43.1 Å². The van der Waals surface area contributed by atoms with Crippen molar-refractivity contribution in [1.29, 1.82) is 0 Å². The molecule has 4 aromatic rings. The van der Waals surface area contributed by atoms with E-state index >= 15 is 0 Å². The molecule has 1 N–H and O–H groups in total. The Morgan fingerprint density at radius 1 is 1.12 bits per heavy atom. The van der Waals surface area contributed by atoms with Crippen LogP contribution in [0, 0.1) is 6.92 Å². The number of aliphatic hydroxyl groups excluding tert-OH is 1. The van der Waals surface area contributed by atoms with Crippen molar-refractivity contribution in [2.24, 2.45) is 0 Å². The molecular formula is C20H18BrNO3. The highest BCUT2D eigenvalue weighted by atomic mass is 79.9. The number of fused-ring (bicyclic) bond motifs is 3. The molecule has 0 saturated carbocycles. The van der Waals surface area contributed by atoms with Crippen molar-refractivity contribution in [3.63, 3.8) is 0 Å². The first kappa shape index (κ1) is 16.4. The number of aliphatic hydroxyl groups is 1. The third-order valence-electron chi connectivity index (χ3n) is 4.58. The van der Waals surface area contributed by atoms with Gasteiger partial charge < -0.3 is 14.2 Å². The lowest BCUT2D eigenvalue weighted by molar-refractivity contribution is 0.253. The molecule has 4 nitrogen and oxygen atoms in total. The number of aromatic nitrogens is 1. The summed E-state index contributed by atoms with van der Waals surface area (Å²) in [5.74, 6) is 0.697. The fourth-order valence-corrected chi connectivity index (χ4v) is 3.75. The number of hydrogen-bond donors (Lipinski definition) is 1. The van der Waals surface area contributed by atoms with Crippen LogP contribution in [0.4, 0.5) is 0 Å². The predicted molar refractivity (Wildman–Crippen MR) is 104 cm³/mol. The second-order valence-corrected chi connectivity index (χ2v) is 7.23. The van der Waals surface area contributed by atoms with E-state index in [0.29, 0.717) is 29.7 Å². The van der Waals surface area contributed by atoms with Crippen LogP contribution in [0.15, 0.2) is 45.8 Å². The Morgan fingerprint density at radius 3 is 2.72 bits per heavy atom. The highest BCUT2D eigenvalue weighted by Crippen LogP contribution is 2.35. The number of halogens is 1. The van der Waals surface area contributed by atoms with Gasteiger partial charge in [0.2, 0.25) is 0 Å². The average molecular weight is 400 g/mol. The standard InChI is InChI=1S/C20H18BrNO3/c1-12-11-22-18-5-4-13(21)8-15(18)16-9-14(25-7-3-2-6-23)10-17(19(16)22)20(12)24/h4-5,8-11,23H,2-3,6-7H2,1H3. The molecule has 0 spiro atoms. The lowest BCUT2D eigenvalue weighted by Gasteiger charge is -2.08. The Balaban J connectivity index is 1.99. The molecule has 0 aliphatic rings. The van der Waals surface area contributed by atoms with Crippen LogP contribution in [-0.2, 0) is 0 Å². The quantitative estimate of drug-likeness (QED) is 0.509. The van der Waals surface area contributed by atoms with Crippen LogP contribution in [0.25, 0.3) is 27.2 Å². The van der Waals surface area contributed by atoms with Gasteiger partial charge in [-0.2, -0.15) is 0 Å². The molecule has 0 bridgehead atoms. The Morgan fingerprint density at radius 2 is 1.92 bits per heavy atom. The van der Waals surface area contributed by atoms with E-state index in [1.54, 1.807) is 0 Å². The van der Waals surface area contributed by atoms with Crippen LogP contribution in [0.2, 0.25) is 0 Å². The van der Waals surface area contributed by atoms with Crippen LogP contribution in [0.3, 0.4) is 0 Å². The van der Waals surface area contributed by atoms with E-state index in [-0.39, 0.29) is 12.0 Å². The summed E-state index contributed by atoms with van der Waals surface area (Å²) < 4.78 is 8.95. The van der Waals surface area contributed by atoms with Gasteiger partial charge in [0.25, 0.3) is 0 Å². The largest absolute Gasteiger partial charge is 0.494 e. The normalized spacial score (nSPS) is 11.8. The first-order chi connectivity index (χ1) is 12.1. The molecule has 2 aromatic carbocycles. The lowest BCUT2D eigenvalue weighted by Crippen LogP contribution is -2.08. The summed E-state index contributed by atoms with van der Waals surface area (Å²) in [5, 5.41) is 11.7. The van der Waals surface area contributed by atoms with E-state index in [1.807, 2.05) is 31.3 Å². The second-order valence-electron chi connectivity index (χ2n) is 6.32. The van der Waals surface area contributed by atoms with Crippen molar-refractivity contribution in [1.82, 2.24) is 4.40 Å². The summed E-state index contributed by atoms with van der Waals surface area (Å²) in [6, 6.07) is 9.99. The predicted octanol–water partition coefficient (Wildman–Crippen LogP) is 4.27. The number of hydrogen-bond acceptors (Lipinski definition) is 3. The van der Waals surface area contributed by atoms with E-state index in [0.717, 1.165) is 32.7 Å². The van der Waals surface area contributed by atoms with Crippen molar-refractivity contribution in [3.05, 3.63) is 56.8 Å². The molecule has 25 heavy (non-hydrogen) atoms. The summed E-state index contributed by atoms with van der Waals surface area (Å²) in [5.41, 5.74) is 2.77. The molecule has 0 aliphatic carbocycles. The summed E-state index contributed by atoms with van der Waals surface area (Å²) in [4.78, 5) is 12.7. The molecule has 4 rings (SSSR count). The summed E-state index contributed by atoms with van der Waals surface area (Å²) in [6.07, 6.45) is 3.40. The number of aryl methyl sites for hydroxylation is 1.